The van der Waals surface area contributed by atoms with Crippen LogP contribution in [0, 0.1) is 0 Å². The third-order valence-electron chi connectivity index (χ3n) is 3.92. The highest BCUT2D eigenvalue weighted by Crippen LogP contribution is 2.29. The Morgan fingerprint density at radius 2 is 1.52 bits per heavy atom. The van der Waals surface area contributed by atoms with Gasteiger partial charge in [0.15, 0.2) is 9.84 Å². The number of sulfone groups is 1. The lowest BCUT2D eigenvalue weighted by atomic mass is 10.2. The highest BCUT2D eigenvalue weighted by molar-refractivity contribution is 7.92. The molecule has 2 aromatic rings. The van der Waals surface area contributed by atoms with Crippen LogP contribution in [0.5, 0.6) is 0 Å². The molecular weight excluding hydrogens is 310 g/mol. The monoisotopic (exact) mass is 329 g/mol. The molecule has 0 spiro atoms. The predicted molar refractivity (Wildman–Crippen MR) is 88.5 cm³/mol. The minimum atomic E-state index is -3.59. The molecule has 120 valence electrons. The van der Waals surface area contributed by atoms with Gasteiger partial charge in [0.05, 0.1) is 4.90 Å². The molecule has 1 fully saturated rings. The van der Waals surface area contributed by atoms with Crippen molar-refractivity contribution in [2.45, 2.75) is 30.3 Å². The zero-order chi connectivity index (χ0) is 16.3. The van der Waals surface area contributed by atoms with Gasteiger partial charge in [-0.05, 0) is 30.5 Å². The van der Waals surface area contributed by atoms with E-state index in [9.17, 15) is 13.2 Å². The Labute approximate surface area is 136 Å². The molecule has 5 heteroatoms. The molecule has 23 heavy (non-hydrogen) atoms. The van der Waals surface area contributed by atoms with Crippen molar-refractivity contribution in [3.8, 4) is 0 Å². The average Bonchev–Trinajstić information content (AvgIpc) is 3.39. The number of carbonyl (C=O) groups is 1. The molecule has 0 N–H and O–H groups in total. The molecule has 0 radical (unpaired) electrons. The van der Waals surface area contributed by atoms with Gasteiger partial charge in [0.25, 0.3) is 0 Å². The van der Waals surface area contributed by atoms with Gasteiger partial charge < -0.3 is 4.90 Å². The molecule has 0 aromatic heterocycles. The maximum Gasteiger partial charge on any atom is 0.238 e. The Morgan fingerprint density at radius 1 is 0.957 bits per heavy atom. The van der Waals surface area contributed by atoms with Gasteiger partial charge in [0, 0.05) is 12.6 Å². The lowest BCUT2D eigenvalue weighted by molar-refractivity contribution is -0.129. The Balaban J connectivity index is 1.75. The van der Waals surface area contributed by atoms with Crippen LogP contribution >= 0.6 is 0 Å². The van der Waals surface area contributed by atoms with Crippen LogP contribution in [0.3, 0.4) is 0 Å². The Hall–Kier alpha value is -2.14. The summed E-state index contributed by atoms with van der Waals surface area (Å²) in [6.45, 7) is 0.467. The largest absolute Gasteiger partial charge is 0.334 e. The molecule has 2 aromatic carbocycles. The second kappa shape index (κ2) is 6.54. The van der Waals surface area contributed by atoms with E-state index in [0.29, 0.717) is 6.54 Å². The highest BCUT2D eigenvalue weighted by atomic mass is 32.2. The molecule has 0 atom stereocenters. The van der Waals surface area contributed by atoms with E-state index < -0.39 is 15.6 Å². The van der Waals surface area contributed by atoms with Crippen LogP contribution < -0.4 is 0 Å². The van der Waals surface area contributed by atoms with E-state index in [1.807, 2.05) is 30.3 Å². The number of carbonyl (C=O) groups excluding carboxylic acids is 1. The maximum absolute atomic E-state index is 12.6. The molecule has 1 saturated carbocycles. The number of rotatable bonds is 6. The number of benzene rings is 2. The van der Waals surface area contributed by atoms with Gasteiger partial charge in [-0.15, -0.1) is 0 Å². The van der Waals surface area contributed by atoms with Crippen molar-refractivity contribution in [3.63, 3.8) is 0 Å². The molecular formula is C18H19NO3S. The average molecular weight is 329 g/mol. The van der Waals surface area contributed by atoms with Gasteiger partial charge >= 0.3 is 0 Å². The number of hydrogen-bond acceptors (Lipinski definition) is 3. The van der Waals surface area contributed by atoms with Gasteiger partial charge in [-0.1, -0.05) is 48.5 Å². The molecule has 0 saturated heterocycles. The normalized spacial score (nSPS) is 14.4. The first-order valence-corrected chi connectivity index (χ1v) is 9.33. The summed E-state index contributed by atoms with van der Waals surface area (Å²) in [5.74, 6) is -0.791. The first-order valence-electron chi connectivity index (χ1n) is 7.67. The summed E-state index contributed by atoms with van der Waals surface area (Å²) in [5.41, 5.74) is 1.02. The second-order valence-electron chi connectivity index (χ2n) is 5.81. The molecule has 3 rings (SSSR count). The number of hydrogen-bond donors (Lipinski definition) is 0. The van der Waals surface area contributed by atoms with Crippen LogP contribution in [0.2, 0.25) is 0 Å². The summed E-state index contributed by atoms with van der Waals surface area (Å²) in [6.07, 6.45) is 1.90. The van der Waals surface area contributed by atoms with E-state index in [0.717, 1.165) is 18.4 Å². The molecule has 4 nitrogen and oxygen atoms in total. The van der Waals surface area contributed by atoms with E-state index >= 15 is 0 Å². The van der Waals surface area contributed by atoms with Crippen LogP contribution in [0.1, 0.15) is 18.4 Å². The molecule has 1 aliphatic rings. The van der Waals surface area contributed by atoms with Crippen molar-refractivity contribution >= 4 is 15.7 Å². The highest BCUT2D eigenvalue weighted by Gasteiger charge is 2.34. The third-order valence-corrected chi connectivity index (χ3v) is 5.54. The van der Waals surface area contributed by atoms with Crippen molar-refractivity contribution in [1.29, 1.82) is 0 Å². The van der Waals surface area contributed by atoms with Crippen molar-refractivity contribution in [2.75, 3.05) is 5.75 Å². The maximum atomic E-state index is 12.6. The first-order chi connectivity index (χ1) is 11.1. The quantitative estimate of drug-likeness (QED) is 0.819. The van der Waals surface area contributed by atoms with Gasteiger partial charge in [-0.25, -0.2) is 8.42 Å². The van der Waals surface area contributed by atoms with Crippen molar-refractivity contribution in [2.24, 2.45) is 0 Å². The van der Waals surface area contributed by atoms with Crippen molar-refractivity contribution in [3.05, 3.63) is 66.2 Å². The van der Waals surface area contributed by atoms with Gasteiger partial charge in [0.1, 0.15) is 5.75 Å². The fourth-order valence-electron chi connectivity index (χ4n) is 2.54. The van der Waals surface area contributed by atoms with Crippen molar-refractivity contribution in [1.82, 2.24) is 4.90 Å². The number of amides is 1. The zero-order valence-electron chi connectivity index (χ0n) is 12.8. The van der Waals surface area contributed by atoms with Crippen LogP contribution in [0.15, 0.2) is 65.6 Å². The summed E-state index contributed by atoms with van der Waals surface area (Å²) in [4.78, 5) is 14.5. The van der Waals surface area contributed by atoms with Gasteiger partial charge in [0.2, 0.25) is 5.91 Å². The lowest BCUT2D eigenvalue weighted by Crippen LogP contribution is -2.37. The minimum Gasteiger partial charge on any atom is -0.334 e. The third kappa shape index (κ3) is 3.99. The topological polar surface area (TPSA) is 54.5 Å². The fraction of sp³-hybridized carbons (Fsp3) is 0.278. The molecule has 0 bridgehead atoms. The molecule has 0 aliphatic heterocycles. The Morgan fingerprint density at radius 3 is 2.09 bits per heavy atom. The fourth-order valence-corrected chi connectivity index (χ4v) is 3.77. The molecule has 0 unspecified atom stereocenters. The predicted octanol–water partition coefficient (Wildman–Crippen LogP) is 2.65. The zero-order valence-corrected chi connectivity index (χ0v) is 13.6. The van der Waals surface area contributed by atoms with E-state index in [1.54, 1.807) is 23.1 Å². The molecule has 1 amide bonds. The van der Waals surface area contributed by atoms with Crippen LogP contribution in [0.25, 0.3) is 0 Å². The van der Waals surface area contributed by atoms with Gasteiger partial charge in [-0.3, -0.25) is 4.79 Å². The van der Waals surface area contributed by atoms with E-state index in [-0.39, 0.29) is 16.8 Å². The van der Waals surface area contributed by atoms with Crippen LogP contribution in [-0.4, -0.2) is 31.0 Å². The summed E-state index contributed by atoms with van der Waals surface area (Å²) >= 11 is 0. The van der Waals surface area contributed by atoms with E-state index in [4.69, 9.17) is 0 Å². The molecule has 1 aliphatic carbocycles. The summed E-state index contributed by atoms with van der Waals surface area (Å²) < 4.78 is 24.8. The lowest BCUT2D eigenvalue weighted by Gasteiger charge is -2.22. The van der Waals surface area contributed by atoms with E-state index in [1.165, 1.54) is 12.1 Å². The van der Waals surface area contributed by atoms with Gasteiger partial charge in [-0.2, -0.15) is 0 Å². The molecule has 0 heterocycles. The van der Waals surface area contributed by atoms with Crippen LogP contribution in [0.4, 0.5) is 0 Å². The summed E-state index contributed by atoms with van der Waals surface area (Å²) in [7, 11) is -3.59. The Bertz CT molecular complexity index is 768. The first kappa shape index (κ1) is 15.7. The summed E-state index contributed by atoms with van der Waals surface area (Å²) in [5, 5.41) is 0. The van der Waals surface area contributed by atoms with Crippen molar-refractivity contribution < 1.29 is 13.2 Å². The SMILES string of the molecule is O=C(CS(=O)(=O)c1ccccc1)N(Cc1ccccc1)C1CC1. The smallest absolute Gasteiger partial charge is 0.238 e. The number of nitrogens with zero attached hydrogens (tertiary/aromatic N) is 1. The Kier molecular flexibility index (Phi) is 4.48. The van der Waals surface area contributed by atoms with E-state index in [2.05, 4.69) is 0 Å². The van der Waals surface area contributed by atoms with Crippen LogP contribution in [-0.2, 0) is 21.2 Å². The standard InChI is InChI=1S/C18H19NO3S/c20-18(14-23(21,22)17-9-5-2-6-10-17)19(16-11-12-16)13-15-7-3-1-4-8-15/h1-10,16H,11-14H2. The minimum absolute atomic E-state index is 0.175. The summed E-state index contributed by atoms with van der Waals surface area (Å²) in [6, 6.07) is 18.0. The second-order valence-corrected chi connectivity index (χ2v) is 7.80.